The highest BCUT2D eigenvalue weighted by Crippen LogP contribution is 2.23. The van der Waals surface area contributed by atoms with Crippen molar-refractivity contribution in [2.45, 2.75) is 6.42 Å². The van der Waals surface area contributed by atoms with Crippen LogP contribution < -0.4 is 0 Å². The summed E-state index contributed by atoms with van der Waals surface area (Å²) in [6, 6.07) is 2.99. The molecule has 0 heterocycles. The van der Waals surface area contributed by atoms with Crippen LogP contribution in [0.1, 0.15) is 5.56 Å². The van der Waals surface area contributed by atoms with Crippen molar-refractivity contribution in [3.8, 4) is 0 Å². The van der Waals surface area contributed by atoms with Crippen LogP contribution in [0.2, 0.25) is 5.02 Å². The van der Waals surface area contributed by atoms with Crippen molar-refractivity contribution in [3.63, 3.8) is 0 Å². The van der Waals surface area contributed by atoms with E-state index in [2.05, 4.69) is 15.9 Å². The summed E-state index contributed by atoms with van der Waals surface area (Å²) < 4.78 is 13.7. The first-order chi connectivity index (χ1) is 5.65. The normalized spacial score (nSPS) is 9.92. The summed E-state index contributed by atoms with van der Waals surface area (Å²) in [5, 5.41) is 0.0289. The summed E-state index contributed by atoms with van der Waals surface area (Å²) in [5.74, 6) is -0.521. The van der Waals surface area contributed by atoms with Crippen LogP contribution in [0.3, 0.4) is 0 Å². The second-order valence-corrected chi connectivity index (χ2v) is 3.55. The first-order valence-corrected chi connectivity index (χ1v) is 4.39. The molecule has 4 heteroatoms. The lowest BCUT2D eigenvalue weighted by atomic mass is 10.1. The predicted octanol–water partition coefficient (Wildman–Crippen LogP) is 2.98. The SMILES string of the molecule is O=CCc1cc(Br)cc(Cl)c1F. The van der Waals surface area contributed by atoms with Crippen LogP contribution in [0.25, 0.3) is 0 Å². The van der Waals surface area contributed by atoms with Crippen LogP contribution in [-0.2, 0) is 11.2 Å². The van der Waals surface area contributed by atoms with Crippen LogP contribution in [0.5, 0.6) is 0 Å². The van der Waals surface area contributed by atoms with E-state index in [0.29, 0.717) is 16.3 Å². The van der Waals surface area contributed by atoms with Gasteiger partial charge in [-0.3, -0.25) is 0 Å². The number of hydrogen-bond acceptors (Lipinski definition) is 1. The van der Waals surface area contributed by atoms with Gasteiger partial charge >= 0.3 is 0 Å². The topological polar surface area (TPSA) is 17.1 Å². The minimum absolute atomic E-state index is 0.0289. The van der Waals surface area contributed by atoms with Gasteiger partial charge in [0.25, 0.3) is 0 Å². The van der Waals surface area contributed by atoms with Gasteiger partial charge in [0.05, 0.1) is 5.02 Å². The van der Waals surface area contributed by atoms with Crippen LogP contribution in [0.4, 0.5) is 4.39 Å². The van der Waals surface area contributed by atoms with Gasteiger partial charge in [-0.25, -0.2) is 4.39 Å². The number of carbonyl (C=O) groups is 1. The van der Waals surface area contributed by atoms with E-state index in [1.54, 1.807) is 0 Å². The highest BCUT2D eigenvalue weighted by molar-refractivity contribution is 9.10. The van der Waals surface area contributed by atoms with Gasteiger partial charge in [-0.1, -0.05) is 27.5 Å². The van der Waals surface area contributed by atoms with E-state index in [0.717, 1.165) is 0 Å². The van der Waals surface area contributed by atoms with Crippen molar-refractivity contribution in [2.75, 3.05) is 0 Å². The molecule has 1 aromatic rings. The zero-order chi connectivity index (χ0) is 9.14. The predicted molar refractivity (Wildman–Crippen MR) is 48.9 cm³/mol. The molecule has 1 rings (SSSR count). The molecule has 64 valence electrons. The van der Waals surface area contributed by atoms with Gasteiger partial charge < -0.3 is 4.79 Å². The third-order valence-corrected chi connectivity index (χ3v) is 2.10. The Morgan fingerprint density at radius 1 is 1.58 bits per heavy atom. The number of halogens is 3. The summed E-state index contributed by atoms with van der Waals surface area (Å²) in [7, 11) is 0. The molecule has 1 nitrogen and oxygen atoms in total. The first-order valence-electron chi connectivity index (χ1n) is 3.22. The fraction of sp³-hybridized carbons (Fsp3) is 0.125. The zero-order valence-electron chi connectivity index (χ0n) is 5.98. The lowest BCUT2D eigenvalue weighted by molar-refractivity contribution is -0.107. The van der Waals surface area contributed by atoms with Gasteiger partial charge in [-0.05, 0) is 17.7 Å². The Morgan fingerprint density at radius 2 is 2.25 bits per heavy atom. The van der Waals surface area contributed by atoms with Crippen LogP contribution in [0, 0.1) is 5.82 Å². The molecule has 0 aromatic heterocycles. The van der Waals surface area contributed by atoms with Gasteiger partial charge in [-0.15, -0.1) is 0 Å². The molecule has 0 aliphatic heterocycles. The highest BCUT2D eigenvalue weighted by atomic mass is 79.9. The van der Waals surface area contributed by atoms with Crippen molar-refractivity contribution in [3.05, 3.63) is 33.0 Å². The Labute approximate surface area is 82.7 Å². The molecule has 1 aromatic carbocycles. The van der Waals surface area contributed by atoms with E-state index in [9.17, 15) is 9.18 Å². The molecule has 12 heavy (non-hydrogen) atoms. The minimum Gasteiger partial charge on any atom is -0.303 e. The van der Waals surface area contributed by atoms with Crippen molar-refractivity contribution in [2.24, 2.45) is 0 Å². The van der Waals surface area contributed by atoms with Crippen molar-refractivity contribution >= 4 is 33.8 Å². The summed E-state index contributed by atoms with van der Waals surface area (Å²) in [4.78, 5) is 10.1. The average molecular weight is 251 g/mol. The van der Waals surface area contributed by atoms with Crippen LogP contribution >= 0.6 is 27.5 Å². The Kier molecular flexibility index (Phi) is 3.23. The summed E-state index contributed by atoms with van der Waals surface area (Å²) in [6.07, 6.45) is 0.687. The van der Waals surface area contributed by atoms with E-state index in [-0.39, 0.29) is 11.4 Å². The molecule has 0 fully saturated rings. The standard InChI is InChI=1S/C8H5BrClFO/c9-6-3-5(1-2-12)8(11)7(10)4-6/h2-4H,1H2. The van der Waals surface area contributed by atoms with E-state index >= 15 is 0 Å². The lowest BCUT2D eigenvalue weighted by Gasteiger charge is -2.01. The molecule has 0 atom stereocenters. The molecule has 0 radical (unpaired) electrons. The molecule has 0 aliphatic carbocycles. The molecule has 0 N–H and O–H groups in total. The molecule has 0 bridgehead atoms. The quantitative estimate of drug-likeness (QED) is 0.583. The van der Waals surface area contributed by atoms with Crippen LogP contribution in [-0.4, -0.2) is 6.29 Å². The molecule has 0 unspecified atom stereocenters. The third kappa shape index (κ3) is 2.05. The number of carbonyl (C=O) groups excluding carboxylic acids is 1. The van der Waals surface area contributed by atoms with Gasteiger partial charge in [0.1, 0.15) is 12.1 Å². The zero-order valence-corrected chi connectivity index (χ0v) is 8.32. The monoisotopic (exact) mass is 250 g/mol. The largest absolute Gasteiger partial charge is 0.303 e. The first kappa shape index (κ1) is 9.68. The van der Waals surface area contributed by atoms with E-state index in [1.807, 2.05) is 0 Å². The summed E-state index contributed by atoms with van der Waals surface area (Å²) >= 11 is 8.68. The van der Waals surface area contributed by atoms with E-state index < -0.39 is 5.82 Å². The summed E-state index contributed by atoms with van der Waals surface area (Å²) in [5.41, 5.74) is 0.310. The Morgan fingerprint density at radius 3 is 2.83 bits per heavy atom. The molecule has 0 amide bonds. The Hall–Kier alpha value is -0.410. The van der Waals surface area contributed by atoms with E-state index in [1.165, 1.54) is 12.1 Å². The van der Waals surface area contributed by atoms with Gasteiger partial charge in [0.15, 0.2) is 0 Å². The second-order valence-electron chi connectivity index (χ2n) is 2.23. The molecular formula is C8H5BrClFO. The number of aldehydes is 1. The van der Waals surface area contributed by atoms with E-state index in [4.69, 9.17) is 11.6 Å². The van der Waals surface area contributed by atoms with Crippen LogP contribution in [0.15, 0.2) is 16.6 Å². The number of rotatable bonds is 2. The number of benzene rings is 1. The lowest BCUT2D eigenvalue weighted by Crippen LogP contribution is -1.92. The van der Waals surface area contributed by atoms with Gasteiger partial charge in [0, 0.05) is 10.9 Å². The smallest absolute Gasteiger partial charge is 0.145 e. The fourth-order valence-electron chi connectivity index (χ4n) is 0.848. The Balaban J connectivity index is 3.17. The minimum atomic E-state index is -0.521. The van der Waals surface area contributed by atoms with Crippen molar-refractivity contribution in [1.82, 2.24) is 0 Å². The maximum Gasteiger partial charge on any atom is 0.145 e. The Bertz CT molecular complexity index is 314. The molecule has 0 spiro atoms. The average Bonchev–Trinajstić information content (AvgIpc) is 2.00. The maximum atomic E-state index is 13.1. The van der Waals surface area contributed by atoms with Crippen molar-refractivity contribution in [1.29, 1.82) is 0 Å². The molecule has 0 saturated carbocycles. The molecule has 0 aliphatic rings. The fourth-order valence-corrected chi connectivity index (χ4v) is 1.72. The molecular weight excluding hydrogens is 246 g/mol. The molecule has 0 saturated heterocycles. The summed E-state index contributed by atoms with van der Waals surface area (Å²) in [6.45, 7) is 0. The highest BCUT2D eigenvalue weighted by Gasteiger charge is 2.07. The van der Waals surface area contributed by atoms with Gasteiger partial charge in [0.2, 0.25) is 0 Å². The van der Waals surface area contributed by atoms with Gasteiger partial charge in [-0.2, -0.15) is 0 Å². The maximum absolute atomic E-state index is 13.1. The second kappa shape index (κ2) is 4.01. The third-order valence-electron chi connectivity index (χ3n) is 1.37. The van der Waals surface area contributed by atoms with Crippen molar-refractivity contribution < 1.29 is 9.18 Å². The number of hydrogen-bond donors (Lipinski definition) is 0.